The minimum absolute atomic E-state index is 0.136. The lowest BCUT2D eigenvalue weighted by atomic mass is 10.1. The number of ether oxygens (including phenoxy) is 2. The van der Waals surface area contributed by atoms with E-state index in [1.165, 1.54) is 6.07 Å². The molecule has 2 aromatic rings. The van der Waals surface area contributed by atoms with Crippen LogP contribution in [0.1, 0.15) is 40.5 Å². The van der Waals surface area contributed by atoms with Crippen LogP contribution in [0.25, 0.3) is 0 Å². The van der Waals surface area contributed by atoms with Crippen molar-refractivity contribution < 1.29 is 28.7 Å². The molecule has 0 aromatic heterocycles. The van der Waals surface area contributed by atoms with Crippen molar-refractivity contribution >= 4 is 29.4 Å². The van der Waals surface area contributed by atoms with Crippen molar-refractivity contribution in [3.8, 4) is 0 Å². The van der Waals surface area contributed by atoms with Crippen LogP contribution in [0, 0.1) is 0 Å². The Kier molecular flexibility index (Phi) is 9.05. The molecule has 8 heteroatoms. The van der Waals surface area contributed by atoms with E-state index in [1.807, 2.05) is 0 Å². The van der Waals surface area contributed by atoms with Crippen LogP contribution in [-0.2, 0) is 19.1 Å². The molecule has 0 saturated carbocycles. The molecule has 0 spiro atoms. The van der Waals surface area contributed by atoms with Gasteiger partial charge in [0.2, 0.25) is 0 Å². The molecule has 158 valence electrons. The highest BCUT2D eigenvalue weighted by Crippen LogP contribution is 2.17. The van der Waals surface area contributed by atoms with Gasteiger partial charge >= 0.3 is 11.9 Å². The average Bonchev–Trinajstić information content (AvgIpc) is 2.76. The average molecular weight is 412 g/mol. The second-order valence-electron chi connectivity index (χ2n) is 6.20. The van der Waals surface area contributed by atoms with E-state index in [9.17, 15) is 19.2 Å². The zero-order chi connectivity index (χ0) is 21.8. The monoisotopic (exact) mass is 412 g/mol. The molecule has 0 aliphatic heterocycles. The van der Waals surface area contributed by atoms with Gasteiger partial charge in [0.25, 0.3) is 11.8 Å². The number of rotatable bonds is 10. The third kappa shape index (κ3) is 7.38. The van der Waals surface area contributed by atoms with Crippen LogP contribution in [0.15, 0.2) is 54.6 Å². The van der Waals surface area contributed by atoms with Crippen molar-refractivity contribution in [1.29, 1.82) is 0 Å². The quantitative estimate of drug-likeness (QED) is 0.458. The zero-order valence-electron chi connectivity index (χ0n) is 16.7. The Hall–Kier alpha value is -3.68. The first kappa shape index (κ1) is 22.6. The predicted octanol–water partition coefficient (Wildman–Crippen LogP) is 2.56. The molecule has 2 N–H and O–H groups in total. The molecule has 2 amide bonds. The van der Waals surface area contributed by atoms with Gasteiger partial charge in [0.05, 0.1) is 17.9 Å². The number of carbonyl (C=O) groups is 4. The van der Waals surface area contributed by atoms with Crippen LogP contribution in [0.4, 0.5) is 5.69 Å². The smallest absolute Gasteiger partial charge is 0.340 e. The Morgan fingerprint density at radius 1 is 0.900 bits per heavy atom. The van der Waals surface area contributed by atoms with Crippen molar-refractivity contribution in [3.05, 3.63) is 65.7 Å². The highest BCUT2D eigenvalue weighted by Gasteiger charge is 2.16. The Labute approximate surface area is 174 Å². The molecule has 30 heavy (non-hydrogen) atoms. The van der Waals surface area contributed by atoms with Gasteiger partial charge in [0.1, 0.15) is 0 Å². The van der Waals surface area contributed by atoms with E-state index in [2.05, 4.69) is 10.6 Å². The summed E-state index contributed by atoms with van der Waals surface area (Å²) in [5.74, 6) is -1.92. The first-order chi connectivity index (χ1) is 14.5. The second kappa shape index (κ2) is 12.0. The van der Waals surface area contributed by atoms with E-state index >= 15 is 0 Å². The minimum atomic E-state index is -0.736. The topological polar surface area (TPSA) is 111 Å². The van der Waals surface area contributed by atoms with Crippen molar-refractivity contribution in [2.45, 2.75) is 19.8 Å². The lowest BCUT2D eigenvalue weighted by molar-refractivity contribution is -0.143. The molecule has 0 saturated heterocycles. The molecule has 0 fully saturated rings. The first-order valence-electron chi connectivity index (χ1n) is 9.56. The number of hydrogen-bond acceptors (Lipinski definition) is 6. The van der Waals surface area contributed by atoms with Crippen molar-refractivity contribution in [2.24, 2.45) is 0 Å². The van der Waals surface area contributed by atoms with Gasteiger partial charge in [-0.25, -0.2) is 4.79 Å². The van der Waals surface area contributed by atoms with Crippen LogP contribution in [0.2, 0.25) is 0 Å². The molecule has 0 atom stereocenters. The number of carbonyl (C=O) groups excluding carboxylic acids is 4. The third-order valence-electron chi connectivity index (χ3n) is 3.95. The Balaban J connectivity index is 1.83. The van der Waals surface area contributed by atoms with E-state index < -0.39 is 18.5 Å². The Morgan fingerprint density at radius 2 is 1.60 bits per heavy atom. The summed E-state index contributed by atoms with van der Waals surface area (Å²) in [5, 5.41) is 5.24. The summed E-state index contributed by atoms with van der Waals surface area (Å²) >= 11 is 0. The first-order valence-corrected chi connectivity index (χ1v) is 9.56. The minimum Gasteiger partial charge on any atom is -0.466 e. The van der Waals surface area contributed by atoms with Gasteiger partial charge in [-0.15, -0.1) is 0 Å². The van der Waals surface area contributed by atoms with E-state index in [-0.39, 0.29) is 36.1 Å². The summed E-state index contributed by atoms with van der Waals surface area (Å²) in [6.45, 7) is 1.83. The molecule has 0 bridgehead atoms. The molecular weight excluding hydrogens is 388 g/mol. The maximum absolute atomic E-state index is 12.4. The normalized spacial score (nSPS) is 10.0. The van der Waals surface area contributed by atoms with Crippen LogP contribution in [0.3, 0.4) is 0 Å². The summed E-state index contributed by atoms with van der Waals surface area (Å²) in [5.41, 5.74) is 0.867. The number of benzene rings is 2. The van der Waals surface area contributed by atoms with Gasteiger partial charge < -0.3 is 20.1 Å². The molecule has 0 unspecified atom stereocenters. The highest BCUT2D eigenvalue weighted by atomic mass is 16.5. The molecule has 0 radical (unpaired) electrons. The van der Waals surface area contributed by atoms with E-state index in [1.54, 1.807) is 55.5 Å². The van der Waals surface area contributed by atoms with Crippen LogP contribution in [0.5, 0.6) is 0 Å². The van der Waals surface area contributed by atoms with Gasteiger partial charge in [0.15, 0.2) is 6.61 Å². The van der Waals surface area contributed by atoms with Crippen LogP contribution >= 0.6 is 0 Å². The molecule has 0 aliphatic carbocycles. The predicted molar refractivity (Wildman–Crippen MR) is 110 cm³/mol. The van der Waals surface area contributed by atoms with Crippen molar-refractivity contribution in [2.75, 3.05) is 25.1 Å². The third-order valence-corrected chi connectivity index (χ3v) is 3.95. The fourth-order valence-corrected chi connectivity index (χ4v) is 2.51. The fraction of sp³-hybridized carbons (Fsp3) is 0.273. The van der Waals surface area contributed by atoms with Gasteiger partial charge in [-0.1, -0.05) is 30.3 Å². The maximum Gasteiger partial charge on any atom is 0.340 e. The summed E-state index contributed by atoms with van der Waals surface area (Å²) in [6, 6.07) is 15.0. The summed E-state index contributed by atoms with van der Waals surface area (Å²) in [7, 11) is 0. The SMILES string of the molecule is CCOC(=O)CCCNC(=O)COC(=O)c1ccccc1NC(=O)c1ccccc1. The zero-order valence-corrected chi connectivity index (χ0v) is 16.7. The molecule has 8 nitrogen and oxygen atoms in total. The highest BCUT2D eigenvalue weighted by molar-refractivity contribution is 6.08. The van der Waals surface area contributed by atoms with Crippen molar-refractivity contribution in [3.63, 3.8) is 0 Å². The van der Waals surface area contributed by atoms with Gasteiger partial charge in [-0.2, -0.15) is 0 Å². The molecular formula is C22H24N2O6. The standard InChI is InChI=1S/C22H24N2O6/c1-2-29-20(26)13-8-14-23-19(25)15-30-22(28)17-11-6-7-12-18(17)24-21(27)16-9-4-3-5-10-16/h3-7,9-12H,2,8,13-15H2,1H3,(H,23,25)(H,24,27). The lowest BCUT2D eigenvalue weighted by Crippen LogP contribution is -2.30. The van der Waals surface area contributed by atoms with Gasteiger partial charge in [0, 0.05) is 18.5 Å². The Morgan fingerprint density at radius 3 is 2.33 bits per heavy atom. The number of anilines is 1. The summed E-state index contributed by atoms with van der Waals surface area (Å²) in [6.07, 6.45) is 0.620. The van der Waals surface area contributed by atoms with Crippen LogP contribution < -0.4 is 10.6 Å². The number of para-hydroxylation sites is 1. The maximum atomic E-state index is 12.4. The molecule has 0 aliphatic rings. The number of nitrogens with one attached hydrogen (secondary N) is 2. The number of amides is 2. The Bertz CT molecular complexity index is 882. The molecule has 0 heterocycles. The number of esters is 2. The van der Waals surface area contributed by atoms with E-state index in [0.29, 0.717) is 18.6 Å². The van der Waals surface area contributed by atoms with Gasteiger partial charge in [-0.05, 0) is 37.6 Å². The van der Waals surface area contributed by atoms with E-state index in [0.717, 1.165) is 0 Å². The van der Waals surface area contributed by atoms with E-state index in [4.69, 9.17) is 9.47 Å². The molecule has 2 aromatic carbocycles. The van der Waals surface area contributed by atoms with Gasteiger partial charge in [-0.3, -0.25) is 14.4 Å². The lowest BCUT2D eigenvalue weighted by Gasteiger charge is -2.11. The fourth-order valence-electron chi connectivity index (χ4n) is 2.51. The largest absolute Gasteiger partial charge is 0.466 e. The second-order valence-corrected chi connectivity index (χ2v) is 6.20. The molecule has 2 rings (SSSR count). The van der Waals surface area contributed by atoms with Crippen molar-refractivity contribution in [1.82, 2.24) is 5.32 Å². The number of hydrogen-bond donors (Lipinski definition) is 2. The summed E-state index contributed by atoms with van der Waals surface area (Å²) < 4.78 is 9.83. The van der Waals surface area contributed by atoms with Crippen LogP contribution in [-0.4, -0.2) is 43.5 Å². The summed E-state index contributed by atoms with van der Waals surface area (Å²) in [4.78, 5) is 47.7.